The third-order valence-corrected chi connectivity index (χ3v) is 2.31. The van der Waals surface area contributed by atoms with Crippen molar-refractivity contribution >= 4 is 17.5 Å². The third-order valence-electron chi connectivity index (χ3n) is 2.01. The lowest BCUT2D eigenvalue weighted by atomic mass is 9.96. The molecule has 0 radical (unpaired) electrons. The van der Waals surface area contributed by atoms with Gasteiger partial charge in [-0.05, 0) is 19.9 Å². The summed E-state index contributed by atoms with van der Waals surface area (Å²) in [5.74, 6) is -0.296. The third kappa shape index (κ3) is 3.21. The van der Waals surface area contributed by atoms with Crippen LogP contribution in [0.3, 0.4) is 0 Å². The first-order valence-corrected chi connectivity index (χ1v) is 5.13. The van der Waals surface area contributed by atoms with Gasteiger partial charge in [0, 0.05) is 18.9 Å². The molecule has 4 nitrogen and oxygen atoms in total. The topological polar surface area (TPSA) is 65.8 Å². The van der Waals surface area contributed by atoms with Gasteiger partial charge in [0.05, 0.1) is 22.1 Å². The van der Waals surface area contributed by atoms with Gasteiger partial charge in [-0.1, -0.05) is 11.6 Å². The van der Waals surface area contributed by atoms with Crippen molar-refractivity contribution in [2.45, 2.75) is 13.8 Å². The number of hydrogen-bond donors (Lipinski definition) is 1. The Labute approximate surface area is 99.2 Å². The molecule has 16 heavy (non-hydrogen) atoms. The predicted octanol–water partition coefficient (Wildman–Crippen LogP) is 2.01. The van der Waals surface area contributed by atoms with E-state index in [1.54, 1.807) is 13.8 Å². The van der Waals surface area contributed by atoms with E-state index in [1.807, 2.05) is 0 Å². The van der Waals surface area contributed by atoms with E-state index in [4.69, 9.17) is 16.9 Å². The summed E-state index contributed by atoms with van der Waals surface area (Å²) in [4.78, 5) is 15.5. The number of rotatable bonds is 3. The zero-order chi connectivity index (χ0) is 12.2. The maximum Gasteiger partial charge on any atom is 0.252 e. The zero-order valence-electron chi connectivity index (χ0n) is 9.12. The smallest absolute Gasteiger partial charge is 0.252 e. The highest BCUT2D eigenvalue weighted by Gasteiger charge is 2.18. The molecule has 0 aliphatic carbocycles. The summed E-state index contributed by atoms with van der Waals surface area (Å²) >= 11 is 5.81. The van der Waals surface area contributed by atoms with Crippen molar-refractivity contribution in [3.05, 3.63) is 29.0 Å². The molecule has 1 heterocycles. The summed E-state index contributed by atoms with van der Waals surface area (Å²) in [5, 5.41) is 11.8. The molecule has 0 bridgehead atoms. The minimum atomic E-state index is -0.588. The van der Waals surface area contributed by atoms with E-state index in [1.165, 1.54) is 18.5 Å². The predicted molar refractivity (Wildman–Crippen MR) is 61.0 cm³/mol. The lowest BCUT2D eigenvalue weighted by molar-refractivity contribution is 0.0944. The Morgan fingerprint density at radius 1 is 1.69 bits per heavy atom. The van der Waals surface area contributed by atoms with E-state index in [2.05, 4.69) is 16.4 Å². The normalized spacial score (nSPS) is 10.6. The summed E-state index contributed by atoms with van der Waals surface area (Å²) < 4.78 is 0. The molecule has 0 saturated heterocycles. The lowest BCUT2D eigenvalue weighted by Gasteiger charge is -2.15. The largest absolute Gasteiger partial charge is 0.350 e. The van der Waals surface area contributed by atoms with Crippen LogP contribution in [0, 0.1) is 16.7 Å². The van der Waals surface area contributed by atoms with Crippen LogP contribution in [0.4, 0.5) is 0 Å². The molecule has 0 aromatic carbocycles. The first-order chi connectivity index (χ1) is 7.46. The standard InChI is InChI=1S/C11H12ClN3O/c1-11(2,6-13)7-15-10(16)8-3-4-14-5-9(8)12/h3-5H,7H2,1-2H3,(H,15,16). The van der Waals surface area contributed by atoms with Crippen molar-refractivity contribution in [1.82, 2.24) is 10.3 Å². The molecule has 0 fully saturated rings. The van der Waals surface area contributed by atoms with Crippen LogP contribution in [0.15, 0.2) is 18.5 Å². The zero-order valence-corrected chi connectivity index (χ0v) is 9.88. The van der Waals surface area contributed by atoms with Gasteiger partial charge in [0.2, 0.25) is 0 Å². The second kappa shape index (κ2) is 4.95. The average Bonchev–Trinajstić information content (AvgIpc) is 2.27. The van der Waals surface area contributed by atoms with Crippen molar-refractivity contribution < 1.29 is 4.79 Å². The van der Waals surface area contributed by atoms with E-state index in [-0.39, 0.29) is 12.5 Å². The van der Waals surface area contributed by atoms with Gasteiger partial charge in [-0.3, -0.25) is 9.78 Å². The number of halogens is 1. The highest BCUT2D eigenvalue weighted by atomic mass is 35.5. The summed E-state index contributed by atoms with van der Waals surface area (Å²) in [5.41, 5.74) is -0.222. The number of nitriles is 1. The number of hydrogen-bond acceptors (Lipinski definition) is 3. The second-order valence-corrected chi connectivity index (χ2v) is 4.44. The summed E-state index contributed by atoms with van der Waals surface area (Å²) in [6.45, 7) is 3.78. The Morgan fingerprint density at radius 3 is 2.94 bits per heavy atom. The van der Waals surface area contributed by atoms with Gasteiger partial charge in [0.1, 0.15) is 0 Å². The molecular weight excluding hydrogens is 226 g/mol. The average molecular weight is 238 g/mol. The molecule has 1 N–H and O–H groups in total. The first-order valence-electron chi connectivity index (χ1n) is 4.75. The molecule has 84 valence electrons. The van der Waals surface area contributed by atoms with E-state index in [0.717, 1.165) is 0 Å². The molecular formula is C11H12ClN3O. The number of pyridine rings is 1. The van der Waals surface area contributed by atoms with Gasteiger partial charge in [0.25, 0.3) is 5.91 Å². The fourth-order valence-corrected chi connectivity index (χ4v) is 1.20. The van der Waals surface area contributed by atoms with E-state index in [9.17, 15) is 4.79 Å². The van der Waals surface area contributed by atoms with E-state index < -0.39 is 5.41 Å². The van der Waals surface area contributed by atoms with Gasteiger partial charge in [-0.2, -0.15) is 5.26 Å². The summed E-state index contributed by atoms with van der Waals surface area (Å²) in [7, 11) is 0. The van der Waals surface area contributed by atoms with Crippen molar-refractivity contribution in [3.8, 4) is 6.07 Å². The minimum Gasteiger partial charge on any atom is -0.350 e. The quantitative estimate of drug-likeness (QED) is 0.875. The van der Waals surface area contributed by atoms with Crippen LogP contribution in [0.5, 0.6) is 0 Å². The molecule has 0 atom stereocenters. The van der Waals surface area contributed by atoms with Crippen LogP contribution < -0.4 is 5.32 Å². The van der Waals surface area contributed by atoms with Crippen LogP contribution in [-0.2, 0) is 0 Å². The van der Waals surface area contributed by atoms with Gasteiger partial charge in [-0.25, -0.2) is 0 Å². The van der Waals surface area contributed by atoms with Crippen molar-refractivity contribution in [3.63, 3.8) is 0 Å². The number of carbonyl (C=O) groups excluding carboxylic acids is 1. The highest BCUT2D eigenvalue weighted by molar-refractivity contribution is 6.33. The van der Waals surface area contributed by atoms with Crippen molar-refractivity contribution in [2.24, 2.45) is 5.41 Å². The van der Waals surface area contributed by atoms with Gasteiger partial charge >= 0.3 is 0 Å². The van der Waals surface area contributed by atoms with Crippen molar-refractivity contribution in [2.75, 3.05) is 6.54 Å². The van der Waals surface area contributed by atoms with Crippen molar-refractivity contribution in [1.29, 1.82) is 5.26 Å². The number of carbonyl (C=O) groups is 1. The highest BCUT2D eigenvalue weighted by Crippen LogP contribution is 2.15. The molecule has 1 aromatic heterocycles. The fourth-order valence-electron chi connectivity index (χ4n) is 0.995. The fraction of sp³-hybridized carbons (Fsp3) is 0.364. The van der Waals surface area contributed by atoms with Gasteiger partial charge in [0.15, 0.2) is 0 Å². The monoisotopic (exact) mass is 237 g/mol. The number of nitrogens with zero attached hydrogens (tertiary/aromatic N) is 2. The second-order valence-electron chi connectivity index (χ2n) is 4.03. The number of aromatic nitrogens is 1. The van der Waals surface area contributed by atoms with Crippen LogP contribution in [-0.4, -0.2) is 17.4 Å². The summed E-state index contributed by atoms with van der Waals surface area (Å²) in [6, 6.07) is 3.64. The first kappa shape index (κ1) is 12.5. The van der Waals surface area contributed by atoms with E-state index in [0.29, 0.717) is 10.6 Å². The molecule has 0 spiro atoms. The van der Waals surface area contributed by atoms with Crippen LogP contribution in [0.2, 0.25) is 5.02 Å². The molecule has 0 saturated carbocycles. The molecule has 5 heteroatoms. The van der Waals surface area contributed by atoms with E-state index >= 15 is 0 Å². The molecule has 1 aromatic rings. The molecule has 0 unspecified atom stereocenters. The maximum absolute atomic E-state index is 11.7. The molecule has 1 rings (SSSR count). The van der Waals surface area contributed by atoms with Crippen LogP contribution >= 0.6 is 11.6 Å². The maximum atomic E-state index is 11.7. The minimum absolute atomic E-state index is 0.279. The molecule has 1 amide bonds. The van der Waals surface area contributed by atoms with Gasteiger partial charge < -0.3 is 5.32 Å². The molecule has 0 aliphatic rings. The van der Waals surface area contributed by atoms with Crippen LogP contribution in [0.25, 0.3) is 0 Å². The Bertz CT molecular complexity index is 437. The SMILES string of the molecule is CC(C)(C#N)CNC(=O)c1ccncc1Cl. The molecule has 0 aliphatic heterocycles. The van der Waals surface area contributed by atoms with Gasteiger partial charge in [-0.15, -0.1) is 0 Å². The Kier molecular flexibility index (Phi) is 3.86. The Hall–Kier alpha value is -1.60. The Balaban J connectivity index is 2.68. The number of amides is 1. The Morgan fingerprint density at radius 2 is 2.38 bits per heavy atom. The lowest BCUT2D eigenvalue weighted by Crippen LogP contribution is -2.33. The number of nitrogens with one attached hydrogen (secondary N) is 1. The van der Waals surface area contributed by atoms with Crippen LogP contribution in [0.1, 0.15) is 24.2 Å². The summed E-state index contributed by atoms with van der Waals surface area (Å²) in [6.07, 6.45) is 2.90.